The Kier molecular flexibility index (Phi) is 11.3. The fourth-order valence-electron chi connectivity index (χ4n) is 8.26. The van der Waals surface area contributed by atoms with Crippen molar-refractivity contribution >= 4 is 26.5 Å². The summed E-state index contributed by atoms with van der Waals surface area (Å²) in [6.45, 7) is 28.2. The second-order valence-corrected chi connectivity index (χ2v) is 29.9. The van der Waals surface area contributed by atoms with Crippen LogP contribution in [-0.2, 0) is 18.7 Å². The van der Waals surface area contributed by atoms with E-state index in [2.05, 4.69) is 93.7 Å². The molecule has 0 unspecified atom stereocenters. The molecule has 0 radical (unpaired) electrons. The molecule has 0 aliphatic heterocycles. The Morgan fingerprint density at radius 2 is 1.43 bits per heavy atom. The highest BCUT2D eigenvalue weighted by Gasteiger charge is 2.51. The van der Waals surface area contributed by atoms with Crippen LogP contribution >= 0.6 is 0 Å². The van der Waals surface area contributed by atoms with Gasteiger partial charge in [-0.25, -0.2) is 8.42 Å². The zero-order valence-electron chi connectivity index (χ0n) is 31.3. The highest BCUT2D eigenvalue weighted by atomic mass is 32.2. The van der Waals surface area contributed by atoms with Crippen LogP contribution in [0, 0.1) is 23.2 Å². The van der Waals surface area contributed by atoms with Gasteiger partial charge in [0, 0.05) is 0 Å². The molecule has 3 saturated carbocycles. The SMILES string of the molecule is C[C@H](CS(=O)(=O)c1ccccc1)[C@H]1CC[C@H]2C(=CC=C3C[C@@H](O[Si](C)(C)C(C)(C)C)C[C@H](O[Si](C)(C)C(C)(C)C)C3)CCC[C@]12C. The third kappa shape index (κ3) is 8.41. The minimum atomic E-state index is -3.30. The number of hydrogen-bond donors (Lipinski definition) is 0. The lowest BCUT2D eigenvalue weighted by Crippen LogP contribution is -2.48. The normalized spacial score (nSPS) is 29.9. The molecule has 3 fully saturated rings. The molecule has 0 heterocycles. The lowest BCUT2D eigenvalue weighted by Gasteiger charge is -2.45. The summed E-state index contributed by atoms with van der Waals surface area (Å²) in [6.07, 6.45) is 14.1. The summed E-state index contributed by atoms with van der Waals surface area (Å²) >= 11 is 0. The summed E-state index contributed by atoms with van der Waals surface area (Å²) in [5, 5.41) is 0.352. The molecule has 46 heavy (non-hydrogen) atoms. The fraction of sp³-hybridized carbons (Fsp3) is 0.744. The van der Waals surface area contributed by atoms with E-state index >= 15 is 0 Å². The van der Waals surface area contributed by atoms with Crippen LogP contribution < -0.4 is 0 Å². The molecule has 7 heteroatoms. The van der Waals surface area contributed by atoms with Crippen molar-refractivity contribution in [2.75, 3.05) is 5.75 Å². The molecule has 260 valence electrons. The fourth-order valence-corrected chi connectivity index (χ4v) is 12.7. The summed E-state index contributed by atoms with van der Waals surface area (Å²) in [5.74, 6) is 1.33. The van der Waals surface area contributed by atoms with E-state index in [1.807, 2.05) is 18.2 Å². The minimum absolute atomic E-state index is 0.137. The highest BCUT2D eigenvalue weighted by molar-refractivity contribution is 7.91. The van der Waals surface area contributed by atoms with Gasteiger partial charge in [0.15, 0.2) is 26.5 Å². The first kappa shape index (κ1) is 37.8. The van der Waals surface area contributed by atoms with E-state index in [0.717, 1.165) is 32.1 Å². The van der Waals surface area contributed by atoms with Crippen molar-refractivity contribution in [2.24, 2.45) is 23.2 Å². The van der Waals surface area contributed by atoms with Gasteiger partial charge in [-0.15, -0.1) is 0 Å². The Bertz CT molecular complexity index is 1330. The first-order valence-electron chi connectivity index (χ1n) is 18.1. The van der Waals surface area contributed by atoms with Gasteiger partial charge in [-0.05, 0) is 123 Å². The van der Waals surface area contributed by atoms with Gasteiger partial charge in [0.1, 0.15) is 0 Å². The standard InChI is InChI=1S/C39H66O4SSi2/c1-29(28-44(40,41)34-18-14-13-15-19-34)35-22-23-36-31(17-16-24-39(35,36)8)21-20-30-25-32(42-45(9,10)37(2,3)4)27-33(26-30)43-46(11,12)38(5,6)7/h13-15,18-21,29,32-33,35-36H,16-17,22-28H2,1-12H3/t29-,32-,33-,35-,36+,39-/m1/s1. The molecule has 1 aromatic rings. The summed E-state index contributed by atoms with van der Waals surface area (Å²) in [6, 6.07) is 9.02. The van der Waals surface area contributed by atoms with Crippen LogP contribution in [0.15, 0.2) is 58.5 Å². The van der Waals surface area contributed by atoms with Crippen LogP contribution in [0.3, 0.4) is 0 Å². The Balaban J connectivity index is 1.55. The van der Waals surface area contributed by atoms with Gasteiger partial charge < -0.3 is 8.85 Å². The molecule has 0 saturated heterocycles. The van der Waals surface area contributed by atoms with Crippen LogP contribution in [0.2, 0.25) is 36.3 Å². The Labute approximate surface area is 285 Å². The average molecular weight is 687 g/mol. The van der Waals surface area contributed by atoms with Crippen molar-refractivity contribution in [1.29, 1.82) is 0 Å². The third-order valence-corrected chi connectivity index (χ3v) is 23.9. The predicted octanol–water partition coefficient (Wildman–Crippen LogP) is 11.1. The molecule has 0 N–H and O–H groups in total. The van der Waals surface area contributed by atoms with E-state index in [-0.39, 0.29) is 39.4 Å². The lowest BCUT2D eigenvalue weighted by atomic mass is 9.61. The number of benzene rings is 1. The molecule has 0 bridgehead atoms. The highest BCUT2D eigenvalue weighted by Crippen LogP contribution is 2.59. The summed E-state index contributed by atoms with van der Waals surface area (Å²) in [4.78, 5) is 0.455. The third-order valence-electron chi connectivity index (χ3n) is 12.9. The second kappa shape index (κ2) is 13.7. The topological polar surface area (TPSA) is 52.6 Å². The zero-order chi connectivity index (χ0) is 34.3. The van der Waals surface area contributed by atoms with Gasteiger partial charge in [0.2, 0.25) is 0 Å². The summed E-state index contributed by atoms with van der Waals surface area (Å²) in [5.41, 5.74) is 3.20. The Morgan fingerprint density at radius 3 is 1.96 bits per heavy atom. The maximum absolute atomic E-state index is 13.3. The molecule has 1 aromatic carbocycles. The number of fused-ring (bicyclic) bond motifs is 1. The van der Waals surface area contributed by atoms with Crippen molar-refractivity contribution < 1.29 is 17.3 Å². The average Bonchev–Trinajstić information content (AvgIpc) is 3.28. The molecule has 0 spiro atoms. The van der Waals surface area contributed by atoms with E-state index in [0.29, 0.717) is 16.7 Å². The summed E-state index contributed by atoms with van der Waals surface area (Å²) in [7, 11) is -7.13. The molecule has 4 rings (SSSR count). The number of rotatable bonds is 9. The van der Waals surface area contributed by atoms with E-state index in [1.54, 1.807) is 17.7 Å². The van der Waals surface area contributed by atoms with E-state index in [4.69, 9.17) is 8.85 Å². The van der Waals surface area contributed by atoms with Crippen LogP contribution in [0.25, 0.3) is 0 Å². The van der Waals surface area contributed by atoms with Crippen LogP contribution in [0.4, 0.5) is 0 Å². The van der Waals surface area contributed by atoms with E-state index < -0.39 is 26.5 Å². The smallest absolute Gasteiger partial charge is 0.192 e. The van der Waals surface area contributed by atoms with Crippen molar-refractivity contribution in [1.82, 2.24) is 0 Å². The minimum Gasteiger partial charge on any atom is -0.414 e. The van der Waals surface area contributed by atoms with Crippen molar-refractivity contribution in [2.45, 2.75) is 160 Å². The van der Waals surface area contributed by atoms with Gasteiger partial charge >= 0.3 is 0 Å². The van der Waals surface area contributed by atoms with Gasteiger partial charge in [0.25, 0.3) is 0 Å². The molecule has 4 nitrogen and oxygen atoms in total. The molecule has 3 aliphatic rings. The van der Waals surface area contributed by atoms with Crippen molar-refractivity contribution in [3.05, 3.63) is 53.6 Å². The maximum Gasteiger partial charge on any atom is 0.192 e. The monoisotopic (exact) mass is 686 g/mol. The van der Waals surface area contributed by atoms with Crippen LogP contribution in [0.1, 0.15) is 107 Å². The van der Waals surface area contributed by atoms with E-state index in [1.165, 1.54) is 24.8 Å². The zero-order valence-corrected chi connectivity index (χ0v) is 34.1. The van der Waals surface area contributed by atoms with Crippen molar-refractivity contribution in [3.63, 3.8) is 0 Å². The Hall–Kier alpha value is -0.996. The first-order valence-corrected chi connectivity index (χ1v) is 25.5. The van der Waals surface area contributed by atoms with Crippen LogP contribution in [-0.4, -0.2) is 43.0 Å². The maximum atomic E-state index is 13.3. The number of hydrogen-bond acceptors (Lipinski definition) is 4. The van der Waals surface area contributed by atoms with Gasteiger partial charge in [0.05, 0.1) is 22.9 Å². The van der Waals surface area contributed by atoms with Crippen LogP contribution in [0.5, 0.6) is 0 Å². The van der Waals surface area contributed by atoms with Gasteiger partial charge in [-0.2, -0.15) is 0 Å². The number of allylic oxidation sites excluding steroid dienone is 3. The molecule has 0 aromatic heterocycles. The lowest BCUT2D eigenvalue weighted by molar-refractivity contribution is 0.0725. The number of sulfone groups is 1. The van der Waals surface area contributed by atoms with Crippen molar-refractivity contribution in [3.8, 4) is 0 Å². The summed E-state index contributed by atoms with van der Waals surface area (Å²) < 4.78 is 40.7. The molecular weight excluding hydrogens is 621 g/mol. The molecule has 3 aliphatic carbocycles. The van der Waals surface area contributed by atoms with Gasteiger partial charge in [-0.3, -0.25) is 0 Å². The van der Waals surface area contributed by atoms with E-state index in [9.17, 15) is 8.42 Å². The molecule has 0 amide bonds. The second-order valence-electron chi connectivity index (χ2n) is 18.4. The molecular formula is C39H66O4SSi2. The van der Waals surface area contributed by atoms with Gasteiger partial charge in [-0.1, -0.05) is 96.9 Å². The molecule has 6 atom stereocenters. The Morgan fingerprint density at radius 1 is 0.891 bits per heavy atom. The predicted molar refractivity (Wildman–Crippen MR) is 200 cm³/mol. The first-order chi connectivity index (χ1) is 21.1. The quantitative estimate of drug-likeness (QED) is 0.243. The largest absolute Gasteiger partial charge is 0.414 e.